The fraction of sp³-hybridized carbons (Fsp3) is 1.00. The Bertz CT molecular complexity index is 130. The van der Waals surface area contributed by atoms with Crippen molar-refractivity contribution >= 4 is 7.80 Å². The summed E-state index contributed by atoms with van der Waals surface area (Å²) in [5, 5.41) is 0. The smallest absolute Gasteiger partial charge is 0.0791 e. The van der Waals surface area contributed by atoms with Crippen LogP contribution in [0.25, 0.3) is 0 Å². The summed E-state index contributed by atoms with van der Waals surface area (Å²) in [5.41, 5.74) is 0.650. The standard InChI is InChI=1S/C9H19OP/c1-2-3-4-8-11(10)9-6-5-7-9/h9,11H,2-8H2,1H3. The molecule has 0 aromatic heterocycles. The van der Waals surface area contributed by atoms with Crippen molar-refractivity contribution in [3.05, 3.63) is 0 Å². The second-order valence-electron chi connectivity index (χ2n) is 3.55. The van der Waals surface area contributed by atoms with Crippen LogP contribution < -0.4 is 0 Å². The van der Waals surface area contributed by atoms with Gasteiger partial charge in [0.15, 0.2) is 0 Å². The highest BCUT2D eigenvalue weighted by Crippen LogP contribution is 2.41. The van der Waals surface area contributed by atoms with Crippen molar-refractivity contribution in [2.24, 2.45) is 0 Å². The average molecular weight is 174 g/mol. The molecular weight excluding hydrogens is 155 g/mol. The van der Waals surface area contributed by atoms with Gasteiger partial charge in [-0.3, -0.25) is 0 Å². The second-order valence-corrected chi connectivity index (χ2v) is 5.80. The Morgan fingerprint density at radius 1 is 1.36 bits per heavy atom. The summed E-state index contributed by atoms with van der Waals surface area (Å²) in [6.45, 7) is 2.20. The molecule has 0 aromatic carbocycles. The molecule has 1 saturated carbocycles. The molecule has 1 aliphatic carbocycles. The van der Waals surface area contributed by atoms with E-state index in [1.165, 1.54) is 38.5 Å². The summed E-state index contributed by atoms with van der Waals surface area (Å²) in [4.78, 5) is 0. The lowest BCUT2D eigenvalue weighted by Gasteiger charge is -2.24. The maximum atomic E-state index is 11.5. The summed E-state index contributed by atoms with van der Waals surface area (Å²) in [5.74, 6) is 0. The van der Waals surface area contributed by atoms with Gasteiger partial charge in [0, 0.05) is 5.66 Å². The third-order valence-electron chi connectivity index (χ3n) is 2.59. The van der Waals surface area contributed by atoms with Crippen LogP contribution in [0.5, 0.6) is 0 Å². The molecular formula is C9H19OP. The molecule has 1 unspecified atom stereocenters. The largest absolute Gasteiger partial charge is 0.327 e. The Morgan fingerprint density at radius 2 is 2.09 bits per heavy atom. The fourth-order valence-electron chi connectivity index (χ4n) is 1.48. The summed E-state index contributed by atoms with van der Waals surface area (Å²) >= 11 is 0. The van der Waals surface area contributed by atoms with E-state index < -0.39 is 7.80 Å². The molecule has 1 aliphatic rings. The molecule has 1 rings (SSSR count). The van der Waals surface area contributed by atoms with Gasteiger partial charge in [0.2, 0.25) is 0 Å². The lowest BCUT2D eigenvalue weighted by molar-refractivity contribution is 0.485. The van der Waals surface area contributed by atoms with E-state index in [0.29, 0.717) is 5.66 Å². The molecule has 0 radical (unpaired) electrons. The van der Waals surface area contributed by atoms with E-state index in [1.54, 1.807) is 0 Å². The van der Waals surface area contributed by atoms with Crippen LogP contribution >= 0.6 is 7.80 Å². The SMILES string of the molecule is CCCCC[PH](=O)C1CCC1. The molecule has 1 fully saturated rings. The molecule has 0 aliphatic heterocycles. The van der Waals surface area contributed by atoms with Crippen LogP contribution in [0.15, 0.2) is 0 Å². The van der Waals surface area contributed by atoms with E-state index >= 15 is 0 Å². The van der Waals surface area contributed by atoms with Crippen LogP contribution in [0.4, 0.5) is 0 Å². The van der Waals surface area contributed by atoms with E-state index in [4.69, 9.17) is 0 Å². The second kappa shape index (κ2) is 4.98. The van der Waals surface area contributed by atoms with Gasteiger partial charge in [-0.1, -0.05) is 26.2 Å². The Kier molecular flexibility index (Phi) is 4.22. The first-order chi connectivity index (χ1) is 5.34. The zero-order valence-electron chi connectivity index (χ0n) is 7.44. The van der Waals surface area contributed by atoms with Gasteiger partial charge in [0.1, 0.15) is 0 Å². The van der Waals surface area contributed by atoms with Crippen molar-refractivity contribution in [3.63, 3.8) is 0 Å². The van der Waals surface area contributed by atoms with Crippen molar-refractivity contribution in [2.45, 2.75) is 51.1 Å². The van der Waals surface area contributed by atoms with Gasteiger partial charge < -0.3 is 4.57 Å². The monoisotopic (exact) mass is 174 g/mol. The minimum absolute atomic E-state index is 0.650. The Labute approximate surface area is 70.4 Å². The van der Waals surface area contributed by atoms with Crippen molar-refractivity contribution in [1.29, 1.82) is 0 Å². The van der Waals surface area contributed by atoms with Gasteiger partial charge in [-0.25, -0.2) is 0 Å². The molecule has 2 heteroatoms. The van der Waals surface area contributed by atoms with Gasteiger partial charge in [-0.05, 0) is 25.4 Å². The number of hydrogen-bond acceptors (Lipinski definition) is 1. The zero-order chi connectivity index (χ0) is 8.10. The lowest BCUT2D eigenvalue weighted by atomic mass is 10.00. The van der Waals surface area contributed by atoms with Gasteiger partial charge >= 0.3 is 0 Å². The average Bonchev–Trinajstić information content (AvgIpc) is 1.84. The van der Waals surface area contributed by atoms with Crippen LogP contribution in [-0.2, 0) is 4.57 Å². The van der Waals surface area contributed by atoms with Crippen LogP contribution in [0.3, 0.4) is 0 Å². The summed E-state index contributed by atoms with van der Waals surface area (Å²) in [7, 11) is -1.15. The number of unbranched alkanes of at least 4 members (excludes halogenated alkanes) is 2. The minimum Gasteiger partial charge on any atom is -0.327 e. The predicted molar refractivity (Wildman–Crippen MR) is 51.0 cm³/mol. The quantitative estimate of drug-likeness (QED) is 0.461. The fourth-order valence-corrected chi connectivity index (χ4v) is 3.54. The minimum atomic E-state index is -1.15. The van der Waals surface area contributed by atoms with Crippen molar-refractivity contribution in [1.82, 2.24) is 0 Å². The molecule has 0 saturated heterocycles. The Hall–Kier alpha value is 0.230. The summed E-state index contributed by atoms with van der Waals surface area (Å²) < 4.78 is 11.5. The molecule has 1 atom stereocenters. The van der Waals surface area contributed by atoms with Crippen LogP contribution in [0.1, 0.15) is 45.4 Å². The molecule has 1 nitrogen and oxygen atoms in total. The highest BCUT2D eigenvalue weighted by molar-refractivity contribution is 7.45. The van der Waals surface area contributed by atoms with Crippen molar-refractivity contribution in [2.75, 3.05) is 6.16 Å². The normalized spacial score (nSPS) is 21.2. The molecule has 0 N–H and O–H groups in total. The first-order valence-corrected chi connectivity index (χ1v) is 6.56. The zero-order valence-corrected chi connectivity index (χ0v) is 8.44. The Morgan fingerprint density at radius 3 is 2.55 bits per heavy atom. The molecule has 66 valence electrons. The topological polar surface area (TPSA) is 17.1 Å². The molecule has 0 bridgehead atoms. The molecule has 11 heavy (non-hydrogen) atoms. The van der Waals surface area contributed by atoms with E-state index in [9.17, 15) is 4.57 Å². The highest BCUT2D eigenvalue weighted by Gasteiger charge is 2.22. The molecule has 0 amide bonds. The Balaban J connectivity index is 2.01. The van der Waals surface area contributed by atoms with E-state index in [-0.39, 0.29) is 0 Å². The third kappa shape index (κ3) is 2.99. The van der Waals surface area contributed by atoms with Crippen LogP contribution in [-0.4, -0.2) is 11.8 Å². The molecule has 0 aromatic rings. The van der Waals surface area contributed by atoms with E-state index in [0.717, 1.165) is 6.16 Å². The van der Waals surface area contributed by atoms with Crippen LogP contribution in [0, 0.1) is 0 Å². The van der Waals surface area contributed by atoms with Gasteiger partial charge in [0.25, 0.3) is 0 Å². The number of rotatable bonds is 5. The third-order valence-corrected chi connectivity index (χ3v) is 4.92. The predicted octanol–water partition coefficient (Wildman–Crippen LogP) is 3.29. The lowest BCUT2D eigenvalue weighted by Crippen LogP contribution is -2.13. The molecule has 0 heterocycles. The van der Waals surface area contributed by atoms with Gasteiger partial charge in [-0.2, -0.15) is 0 Å². The highest BCUT2D eigenvalue weighted by atomic mass is 31.1. The first-order valence-electron chi connectivity index (χ1n) is 4.87. The maximum absolute atomic E-state index is 11.5. The summed E-state index contributed by atoms with van der Waals surface area (Å²) in [6, 6.07) is 0. The van der Waals surface area contributed by atoms with Crippen LogP contribution in [0.2, 0.25) is 0 Å². The first kappa shape index (κ1) is 9.32. The van der Waals surface area contributed by atoms with E-state index in [1.807, 2.05) is 0 Å². The molecule has 0 spiro atoms. The number of hydrogen-bond donors (Lipinski definition) is 0. The van der Waals surface area contributed by atoms with Gasteiger partial charge in [0.05, 0.1) is 7.80 Å². The van der Waals surface area contributed by atoms with Crippen molar-refractivity contribution in [3.8, 4) is 0 Å². The van der Waals surface area contributed by atoms with E-state index in [2.05, 4.69) is 6.92 Å². The summed E-state index contributed by atoms with van der Waals surface area (Å²) in [6.07, 6.45) is 8.58. The van der Waals surface area contributed by atoms with Crippen molar-refractivity contribution < 1.29 is 4.57 Å². The maximum Gasteiger partial charge on any atom is 0.0791 e. The van der Waals surface area contributed by atoms with Gasteiger partial charge in [-0.15, -0.1) is 0 Å².